The quantitative estimate of drug-likeness (QED) is 0.340. The molecular formula is C40H50N2O8. The van der Waals surface area contributed by atoms with Crippen molar-refractivity contribution in [2.75, 3.05) is 66.8 Å². The van der Waals surface area contributed by atoms with Crippen LogP contribution >= 0.6 is 0 Å². The lowest BCUT2D eigenvalue weighted by Crippen LogP contribution is -2.47. The van der Waals surface area contributed by atoms with Crippen molar-refractivity contribution in [2.45, 2.75) is 75.0 Å². The van der Waals surface area contributed by atoms with Crippen molar-refractivity contribution in [3.05, 3.63) is 69.8 Å². The molecule has 268 valence electrons. The molecule has 4 heterocycles. The van der Waals surface area contributed by atoms with Crippen LogP contribution in [-0.4, -0.2) is 100 Å². The average Bonchev–Trinajstić information content (AvgIpc) is 4.03. The Bertz CT molecular complexity index is 1460. The molecule has 2 amide bonds. The number of hydrogen-bond acceptors (Lipinski definition) is 8. The number of piperidine rings is 2. The third-order valence-corrected chi connectivity index (χ3v) is 11.4. The summed E-state index contributed by atoms with van der Waals surface area (Å²) in [7, 11) is 2.86. The van der Waals surface area contributed by atoms with E-state index in [0.717, 1.165) is 51.9 Å². The van der Waals surface area contributed by atoms with Crippen molar-refractivity contribution >= 4 is 23.8 Å². The molecule has 8 rings (SSSR count). The van der Waals surface area contributed by atoms with Gasteiger partial charge in [-0.2, -0.15) is 0 Å². The zero-order valence-electron chi connectivity index (χ0n) is 29.4. The highest BCUT2D eigenvalue weighted by Gasteiger charge is 2.35. The maximum atomic E-state index is 12.3. The Morgan fingerprint density at radius 1 is 0.500 bits per heavy atom. The molecule has 6 aliphatic rings. The fraction of sp³-hybridized carbons (Fsp3) is 0.600. The first-order valence-corrected chi connectivity index (χ1v) is 18.5. The number of likely N-dealkylation sites (tertiary alicyclic amines) is 2. The standard InChI is InChI=1S/2C20H25NO4/c2*1-24-20(23)17-9-15(13-2-3-13)8-16(10-17)14-4-6-21(7-5-14)19(22)18-11-25-12-18/h2*8-10,13-14,18H,2-7,11-12H2,1H3. The topological polar surface area (TPSA) is 112 Å². The minimum absolute atomic E-state index is 0.0701. The molecule has 2 aromatic rings. The van der Waals surface area contributed by atoms with Gasteiger partial charge in [-0.05, 0) is 122 Å². The molecule has 0 aromatic heterocycles. The maximum Gasteiger partial charge on any atom is 0.337 e. The first kappa shape index (κ1) is 34.7. The predicted octanol–water partition coefficient (Wildman–Crippen LogP) is 5.41. The molecule has 0 bridgehead atoms. The number of benzene rings is 2. The summed E-state index contributed by atoms with van der Waals surface area (Å²) in [5, 5.41) is 0. The molecule has 2 aromatic carbocycles. The van der Waals surface area contributed by atoms with Crippen LogP contribution in [0.5, 0.6) is 0 Å². The molecule has 2 saturated carbocycles. The molecule has 4 aliphatic heterocycles. The molecule has 4 saturated heterocycles. The Kier molecular flexibility index (Phi) is 10.6. The molecule has 6 fully saturated rings. The Balaban J connectivity index is 0.000000157. The van der Waals surface area contributed by atoms with Crippen LogP contribution in [0.25, 0.3) is 0 Å². The van der Waals surface area contributed by atoms with Crippen LogP contribution in [0, 0.1) is 11.8 Å². The van der Waals surface area contributed by atoms with E-state index in [1.807, 2.05) is 34.1 Å². The fourth-order valence-electron chi connectivity index (χ4n) is 7.74. The molecule has 50 heavy (non-hydrogen) atoms. The van der Waals surface area contributed by atoms with Crippen LogP contribution in [-0.2, 0) is 28.5 Å². The van der Waals surface area contributed by atoms with E-state index < -0.39 is 0 Å². The Morgan fingerprint density at radius 3 is 1.04 bits per heavy atom. The van der Waals surface area contributed by atoms with E-state index in [0.29, 0.717) is 61.2 Å². The summed E-state index contributed by atoms with van der Waals surface area (Å²) < 4.78 is 20.1. The van der Waals surface area contributed by atoms with Gasteiger partial charge in [0.05, 0.1) is 63.6 Å². The molecule has 2 aliphatic carbocycles. The zero-order valence-corrected chi connectivity index (χ0v) is 29.4. The number of rotatable bonds is 8. The normalized spacial score (nSPS) is 21.7. The van der Waals surface area contributed by atoms with Gasteiger partial charge in [0, 0.05) is 26.2 Å². The highest BCUT2D eigenvalue weighted by molar-refractivity contribution is 5.90. The van der Waals surface area contributed by atoms with Crippen LogP contribution in [0.3, 0.4) is 0 Å². The number of nitrogens with zero attached hydrogens (tertiary/aromatic N) is 2. The molecule has 0 radical (unpaired) electrons. The van der Waals surface area contributed by atoms with E-state index >= 15 is 0 Å². The molecule has 10 nitrogen and oxygen atoms in total. The monoisotopic (exact) mass is 686 g/mol. The summed E-state index contributed by atoms with van der Waals surface area (Å²) in [5.74, 6) is 2.11. The number of ether oxygens (including phenoxy) is 4. The third-order valence-electron chi connectivity index (χ3n) is 11.4. The molecule has 0 unspecified atom stereocenters. The Labute approximate surface area is 294 Å². The maximum absolute atomic E-state index is 12.3. The minimum Gasteiger partial charge on any atom is -0.465 e. The van der Waals surface area contributed by atoms with Gasteiger partial charge in [-0.1, -0.05) is 12.1 Å². The SMILES string of the molecule is COC(=O)c1cc(C2CC2)cc(C2CCN(C(=O)C3COC3)CC2)c1.COC(=O)c1cc(C2CC2)cc(C2CCN(C(=O)C3COC3)CC2)c1. The predicted molar refractivity (Wildman–Crippen MR) is 185 cm³/mol. The smallest absolute Gasteiger partial charge is 0.337 e. The summed E-state index contributed by atoms with van der Waals surface area (Å²) in [6, 6.07) is 12.5. The Morgan fingerprint density at radius 2 is 0.800 bits per heavy atom. The first-order chi connectivity index (χ1) is 24.3. The lowest BCUT2D eigenvalue weighted by atomic mass is 9.86. The van der Waals surface area contributed by atoms with Gasteiger partial charge in [-0.15, -0.1) is 0 Å². The third kappa shape index (κ3) is 7.91. The number of esters is 2. The van der Waals surface area contributed by atoms with Gasteiger partial charge < -0.3 is 28.7 Å². The lowest BCUT2D eigenvalue weighted by Gasteiger charge is -2.36. The van der Waals surface area contributed by atoms with Gasteiger partial charge in [0.2, 0.25) is 11.8 Å². The number of hydrogen-bond donors (Lipinski definition) is 0. The van der Waals surface area contributed by atoms with Crippen LogP contribution in [0.4, 0.5) is 0 Å². The zero-order chi connectivity index (χ0) is 34.8. The number of carbonyl (C=O) groups is 4. The molecule has 0 atom stereocenters. The number of amides is 2. The van der Waals surface area contributed by atoms with E-state index in [9.17, 15) is 19.2 Å². The summed E-state index contributed by atoms with van der Waals surface area (Å²) in [4.78, 5) is 52.7. The van der Waals surface area contributed by atoms with Crippen molar-refractivity contribution in [3.8, 4) is 0 Å². The van der Waals surface area contributed by atoms with Gasteiger partial charge >= 0.3 is 11.9 Å². The second kappa shape index (κ2) is 15.2. The average molecular weight is 687 g/mol. The summed E-state index contributed by atoms with van der Waals surface area (Å²) in [5.41, 5.74) is 6.30. The molecule has 10 heteroatoms. The van der Waals surface area contributed by atoms with Crippen molar-refractivity contribution in [3.63, 3.8) is 0 Å². The number of carbonyl (C=O) groups excluding carboxylic acids is 4. The van der Waals surface area contributed by atoms with E-state index in [-0.39, 0.29) is 35.6 Å². The van der Waals surface area contributed by atoms with E-state index in [1.165, 1.54) is 62.2 Å². The van der Waals surface area contributed by atoms with Crippen LogP contribution < -0.4 is 0 Å². The lowest BCUT2D eigenvalue weighted by molar-refractivity contribution is -0.151. The summed E-state index contributed by atoms with van der Waals surface area (Å²) >= 11 is 0. The van der Waals surface area contributed by atoms with Crippen molar-refractivity contribution < 1.29 is 38.1 Å². The van der Waals surface area contributed by atoms with Crippen molar-refractivity contribution in [1.29, 1.82) is 0 Å². The van der Waals surface area contributed by atoms with Gasteiger partial charge in [0.15, 0.2) is 0 Å². The van der Waals surface area contributed by atoms with Gasteiger partial charge in [-0.25, -0.2) is 9.59 Å². The minimum atomic E-state index is -0.263. The Hall–Kier alpha value is -3.76. The van der Waals surface area contributed by atoms with Crippen molar-refractivity contribution in [1.82, 2.24) is 9.80 Å². The molecular weight excluding hydrogens is 636 g/mol. The van der Waals surface area contributed by atoms with Crippen LogP contribution in [0.15, 0.2) is 36.4 Å². The first-order valence-electron chi connectivity index (χ1n) is 18.5. The van der Waals surface area contributed by atoms with Gasteiger partial charge in [0.25, 0.3) is 0 Å². The summed E-state index contributed by atoms with van der Waals surface area (Å²) in [6.45, 7) is 5.47. The van der Waals surface area contributed by atoms with Gasteiger partial charge in [-0.3, -0.25) is 9.59 Å². The fourth-order valence-corrected chi connectivity index (χ4v) is 7.74. The van der Waals surface area contributed by atoms with E-state index in [4.69, 9.17) is 18.9 Å². The second-order valence-corrected chi connectivity index (χ2v) is 15.0. The van der Waals surface area contributed by atoms with Gasteiger partial charge in [0.1, 0.15) is 0 Å². The molecule has 0 spiro atoms. The van der Waals surface area contributed by atoms with E-state index in [1.54, 1.807) is 0 Å². The van der Waals surface area contributed by atoms with E-state index in [2.05, 4.69) is 12.1 Å². The summed E-state index contributed by atoms with van der Waals surface area (Å²) in [6.07, 6.45) is 8.64. The highest BCUT2D eigenvalue weighted by Crippen LogP contribution is 2.43. The van der Waals surface area contributed by atoms with Crippen LogP contribution in [0.2, 0.25) is 0 Å². The largest absolute Gasteiger partial charge is 0.465 e. The van der Waals surface area contributed by atoms with Crippen LogP contribution in [0.1, 0.15) is 118 Å². The highest BCUT2D eigenvalue weighted by atomic mass is 16.5. The molecule has 0 N–H and O–H groups in total. The second-order valence-electron chi connectivity index (χ2n) is 15.0. The van der Waals surface area contributed by atoms with Crippen molar-refractivity contribution in [2.24, 2.45) is 11.8 Å². The number of methoxy groups -OCH3 is 2.